The summed E-state index contributed by atoms with van der Waals surface area (Å²) >= 11 is 0. The molecule has 0 saturated heterocycles. The fraction of sp³-hybridized carbons (Fsp3) is 0.438. The van der Waals surface area contributed by atoms with Gasteiger partial charge in [0, 0.05) is 24.9 Å². The van der Waals surface area contributed by atoms with Gasteiger partial charge in [-0.2, -0.15) is 0 Å². The van der Waals surface area contributed by atoms with Gasteiger partial charge in [-0.15, -0.1) is 0 Å². The maximum absolute atomic E-state index is 5.67. The molecule has 2 aromatic rings. The van der Waals surface area contributed by atoms with E-state index in [2.05, 4.69) is 49.3 Å². The van der Waals surface area contributed by atoms with Crippen LogP contribution in [0.15, 0.2) is 36.7 Å². The Bertz CT molecular complexity index is 546. The number of aromatic nitrogens is 1. The molecule has 0 aliphatic rings. The molecule has 0 radical (unpaired) electrons. The van der Waals surface area contributed by atoms with E-state index in [0.29, 0.717) is 0 Å². The predicted molar refractivity (Wildman–Crippen MR) is 79.2 cm³/mol. The minimum Gasteiger partial charge on any atom is -0.377 e. The average molecular weight is 258 g/mol. The highest BCUT2D eigenvalue weighted by Gasteiger charge is 2.31. The zero-order valence-electron chi connectivity index (χ0n) is 12.1. The number of likely N-dealkylation sites (N-methyl/N-ethyl adjacent to an activating group) is 1. The molecule has 102 valence electrons. The van der Waals surface area contributed by atoms with Crippen molar-refractivity contribution < 1.29 is 4.74 Å². The molecule has 3 heteroatoms. The number of hydrogen-bond donors (Lipinski definition) is 1. The Morgan fingerprint density at radius 1 is 1.26 bits per heavy atom. The number of rotatable bonds is 5. The van der Waals surface area contributed by atoms with E-state index in [1.54, 1.807) is 7.11 Å². The molecule has 1 heterocycles. The molecule has 1 N–H and O–H groups in total. The Balaban J connectivity index is 2.56. The molecule has 1 atom stereocenters. The lowest BCUT2D eigenvalue weighted by Crippen LogP contribution is -2.41. The van der Waals surface area contributed by atoms with Gasteiger partial charge in [-0.05, 0) is 31.3 Å². The zero-order chi connectivity index (χ0) is 13.9. The molecule has 0 saturated carbocycles. The van der Waals surface area contributed by atoms with E-state index in [0.717, 1.165) is 11.9 Å². The van der Waals surface area contributed by atoms with Gasteiger partial charge in [0.25, 0.3) is 0 Å². The van der Waals surface area contributed by atoms with Gasteiger partial charge in [0.1, 0.15) is 0 Å². The molecule has 1 aromatic heterocycles. The summed E-state index contributed by atoms with van der Waals surface area (Å²) in [6.45, 7) is 7.20. The van der Waals surface area contributed by atoms with Crippen LogP contribution in [0.4, 0.5) is 0 Å². The second-order valence-corrected chi connectivity index (χ2v) is 5.25. The number of hydrogen-bond acceptors (Lipinski definition) is 3. The molecule has 2 rings (SSSR count). The highest BCUT2D eigenvalue weighted by Crippen LogP contribution is 2.32. The third-order valence-electron chi connectivity index (χ3n) is 3.64. The summed E-state index contributed by atoms with van der Waals surface area (Å²) in [6, 6.07) is 8.45. The molecule has 1 aromatic carbocycles. The first-order valence-electron chi connectivity index (χ1n) is 6.71. The van der Waals surface area contributed by atoms with Crippen molar-refractivity contribution in [2.75, 3.05) is 13.7 Å². The van der Waals surface area contributed by atoms with Crippen molar-refractivity contribution in [3.8, 4) is 0 Å². The van der Waals surface area contributed by atoms with Gasteiger partial charge in [0.2, 0.25) is 0 Å². The highest BCUT2D eigenvalue weighted by atomic mass is 16.5. The van der Waals surface area contributed by atoms with Crippen LogP contribution < -0.4 is 5.32 Å². The van der Waals surface area contributed by atoms with Gasteiger partial charge in [0.05, 0.1) is 11.6 Å². The normalized spacial score (nSPS) is 13.7. The van der Waals surface area contributed by atoms with E-state index < -0.39 is 0 Å². The number of benzene rings is 1. The molecule has 0 amide bonds. The number of pyridine rings is 1. The smallest absolute Gasteiger partial charge is 0.0817 e. The van der Waals surface area contributed by atoms with Gasteiger partial charge in [-0.3, -0.25) is 4.98 Å². The van der Waals surface area contributed by atoms with Crippen LogP contribution in [0.2, 0.25) is 0 Å². The summed E-state index contributed by atoms with van der Waals surface area (Å²) in [5, 5.41) is 5.91. The van der Waals surface area contributed by atoms with Crippen LogP contribution in [0, 0.1) is 0 Å². The Hall–Kier alpha value is -1.45. The minimum atomic E-state index is -0.290. The van der Waals surface area contributed by atoms with Gasteiger partial charge >= 0.3 is 0 Å². The Morgan fingerprint density at radius 3 is 2.68 bits per heavy atom. The van der Waals surface area contributed by atoms with Crippen LogP contribution in [0.5, 0.6) is 0 Å². The van der Waals surface area contributed by atoms with Gasteiger partial charge in [-0.1, -0.05) is 31.2 Å². The topological polar surface area (TPSA) is 34.2 Å². The van der Waals surface area contributed by atoms with Crippen molar-refractivity contribution in [2.24, 2.45) is 0 Å². The van der Waals surface area contributed by atoms with E-state index in [-0.39, 0.29) is 11.6 Å². The van der Waals surface area contributed by atoms with Crippen LogP contribution in [-0.2, 0) is 4.74 Å². The van der Waals surface area contributed by atoms with Crippen molar-refractivity contribution >= 4 is 10.8 Å². The van der Waals surface area contributed by atoms with Crippen molar-refractivity contribution in [1.29, 1.82) is 0 Å². The van der Waals surface area contributed by atoms with E-state index in [1.807, 2.05) is 18.5 Å². The first-order valence-corrected chi connectivity index (χ1v) is 6.71. The second-order valence-electron chi connectivity index (χ2n) is 5.25. The molecular weight excluding hydrogens is 236 g/mol. The summed E-state index contributed by atoms with van der Waals surface area (Å²) in [6.07, 6.45) is 3.85. The van der Waals surface area contributed by atoms with E-state index in [1.165, 1.54) is 10.9 Å². The quantitative estimate of drug-likeness (QED) is 0.893. The van der Waals surface area contributed by atoms with Crippen LogP contribution >= 0.6 is 0 Å². The number of fused-ring (bicyclic) bond motifs is 1. The first kappa shape index (κ1) is 14.0. The van der Waals surface area contributed by atoms with Crippen LogP contribution in [0.25, 0.3) is 10.8 Å². The first-order chi connectivity index (χ1) is 9.10. The fourth-order valence-electron chi connectivity index (χ4n) is 2.42. The van der Waals surface area contributed by atoms with E-state index >= 15 is 0 Å². The van der Waals surface area contributed by atoms with Crippen molar-refractivity contribution in [2.45, 2.75) is 32.4 Å². The Kier molecular flexibility index (Phi) is 4.17. The SMILES string of the molecule is CCNC(c1cncc2ccccc12)C(C)(C)OC. The molecule has 19 heavy (non-hydrogen) atoms. The molecule has 0 spiro atoms. The van der Waals surface area contributed by atoms with Crippen molar-refractivity contribution in [3.63, 3.8) is 0 Å². The summed E-state index contributed by atoms with van der Waals surface area (Å²) in [4.78, 5) is 4.37. The molecular formula is C16H22N2O. The number of ether oxygens (including phenoxy) is 1. The molecule has 0 aliphatic carbocycles. The Labute approximate surface area is 115 Å². The zero-order valence-corrected chi connectivity index (χ0v) is 12.1. The molecule has 3 nitrogen and oxygen atoms in total. The van der Waals surface area contributed by atoms with Gasteiger partial charge in [0.15, 0.2) is 0 Å². The van der Waals surface area contributed by atoms with Crippen LogP contribution in [0.1, 0.15) is 32.4 Å². The largest absolute Gasteiger partial charge is 0.377 e. The van der Waals surface area contributed by atoms with Gasteiger partial charge < -0.3 is 10.1 Å². The lowest BCUT2D eigenvalue weighted by atomic mass is 9.89. The predicted octanol–water partition coefficient (Wildman–Crippen LogP) is 3.31. The maximum atomic E-state index is 5.67. The van der Waals surface area contributed by atoms with Gasteiger partial charge in [-0.25, -0.2) is 0 Å². The fourth-order valence-corrected chi connectivity index (χ4v) is 2.42. The number of nitrogens with zero attached hydrogens (tertiary/aromatic N) is 1. The van der Waals surface area contributed by atoms with E-state index in [9.17, 15) is 0 Å². The summed E-state index contributed by atoms with van der Waals surface area (Å²) in [5.74, 6) is 0. The average Bonchev–Trinajstić information content (AvgIpc) is 2.44. The maximum Gasteiger partial charge on any atom is 0.0817 e. The summed E-state index contributed by atoms with van der Waals surface area (Å²) in [5.41, 5.74) is 0.897. The highest BCUT2D eigenvalue weighted by molar-refractivity contribution is 5.85. The van der Waals surface area contributed by atoms with Crippen LogP contribution in [-0.4, -0.2) is 24.2 Å². The van der Waals surface area contributed by atoms with Crippen molar-refractivity contribution in [1.82, 2.24) is 10.3 Å². The van der Waals surface area contributed by atoms with E-state index in [4.69, 9.17) is 4.74 Å². The molecule has 0 bridgehead atoms. The molecule has 0 fully saturated rings. The van der Waals surface area contributed by atoms with Crippen molar-refractivity contribution in [3.05, 3.63) is 42.2 Å². The monoisotopic (exact) mass is 258 g/mol. The third kappa shape index (κ3) is 2.77. The lowest BCUT2D eigenvalue weighted by Gasteiger charge is -2.34. The standard InChI is InChI=1S/C16H22N2O/c1-5-18-15(16(2,3)19-4)14-11-17-10-12-8-6-7-9-13(12)14/h6-11,15,18H,5H2,1-4H3. The Morgan fingerprint density at radius 2 is 2.00 bits per heavy atom. The molecule has 1 unspecified atom stereocenters. The lowest BCUT2D eigenvalue weighted by molar-refractivity contribution is -0.0103. The summed E-state index contributed by atoms with van der Waals surface area (Å²) < 4.78 is 5.67. The summed E-state index contributed by atoms with van der Waals surface area (Å²) in [7, 11) is 1.75. The molecule has 0 aliphatic heterocycles. The van der Waals surface area contributed by atoms with Crippen LogP contribution in [0.3, 0.4) is 0 Å². The minimum absolute atomic E-state index is 0.112. The number of methoxy groups -OCH3 is 1. The second kappa shape index (κ2) is 5.68. The number of nitrogens with one attached hydrogen (secondary N) is 1. The third-order valence-corrected chi connectivity index (χ3v) is 3.64.